The van der Waals surface area contributed by atoms with E-state index < -0.39 is 5.97 Å². The molecule has 0 rings (SSSR count). The molecule has 0 aliphatic heterocycles. The Labute approximate surface area is 129 Å². The topological polar surface area (TPSA) is 57.5 Å². The second-order valence-electron chi connectivity index (χ2n) is 5.67. The molecule has 0 aromatic rings. The molecule has 1 unspecified atom stereocenters. The van der Waals surface area contributed by atoms with Crippen molar-refractivity contribution in [2.45, 2.75) is 89.9 Å². The predicted molar refractivity (Wildman–Crippen MR) is 86.5 cm³/mol. The van der Waals surface area contributed by atoms with Gasteiger partial charge in [-0.2, -0.15) is 0 Å². The van der Waals surface area contributed by atoms with Crippen molar-refractivity contribution in [1.29, 1.82) is 0 Å². The van der Waals surface area contributed by atoms with Crippen LogP contribution in [0.5, 0.6) is 0 Å². The molecule has 0 bridgehead atoms. The number of carbonyl (C=O) groups is 1. The number of hydrogen-bond acceptors (Lipinski definition) is 2. The lowest BCUT2D eigenvalue weighted by atomic mass is 10.0. The second-order valence-corrected chi connectivity index (χ2v) is 6.58. The van der Waals surface area contributed by atoms with Gasteiger partial charge in [-0.3, -0.25) is 4.79 Å². The average molecular weight is 309 g/mol. The Morgan fingerprint density at radius 1 is 1.00 bits per heavy atom. The van der Waals surface area contributed by atoms with Gasteiger partial charge in [0.25, 0.3) is 5.97 Å². The Hall–Kier alpha value is -0.280. The minimum atomic E-state index is -0.833. The summed E-state index contributed by atoms with van der Waals surface area (Å²) in [5, 5.41) is 16.4. The molecule has 1 atom stereocenters. The molecular weight excluding hydrogens is 276 g/mol. The number of rotatable bonds is 11. The molecular formula is C16H33ClO3. The summed E-state index contributed by atoms with van der Waals surface area (Å²) in [6.45, 7) is 5.34. The Morgan fingerprint density at radius 2 is 1.35 bits per heavy atom. The second kappa shape index (κ2) is 15.1. The summed E-state index contributed by atoms with van der Waals surface area (Å²) >= 11 is 6.07. The van der Waals surface area contributed by atoms with Gasteiger partial charge in [0, 0.05) is 6.92 Å². The summed E-state index contributed by atoms with van der Waals surface area (Å²) in [6.07, 6.45) is 12.9. The van der Waals surface area contributed by atoms with E-state index in [0.717, 1.165) is 19.8 Å². The molecule has 0 fully saturated rings. The minimum absolute atomic E-state index is 0.0889. The molecule has 3 nitrogen and oxygen atoms in total. The number of carboxylic acid groups (broad SMARTS) is 1. The summed E-state index contributed by atoms with van der Waals surface area (Å²) < 4.78 is 0. The van der Waals surface area contributed by atoms with Gasteiger partial charge in [-0.25, -0.2) is 0 Å². The Bertz CT molecular complexity index is 214. The van der Waals surface area contributed by atoms with E-state index >= 15 is 0 Å². The molecule has 122 valence electrons. The van der Waals surface area contributed by atoms with Crippen molar-refractivity contribution >= 4 is 17.6 Å². The maximum Gasteiger partial charge on any atom is 0.300 e. The van der Waals surface area contributed by atoms with Gasteiger partial charge in [0.1, 0.15) is 0 Å². The zero-order valence-corrected chi connectivity index (χ0v) is 14.2. The summed E-state index contributed by atoms with van der Waals surface area (Å²) in [5.74, 6) is -0.833. The lowest BCUT2D eigenvalue weighted by Crippen LogP contribution is -2.21. The average Bonchev–Trinajstić information content (AvgIpc) is 2.36. The van der Waals surface area contributed by atoms with Gasteiger partial charge in [-0.1, -0.05) is 64.7 Å². The van der Waals surface area contributed by atoms with Crippen molar-refractivity contribution in [2.24, 2.45) is 0 Å². The fraction of sp³-hybridized carbons (Fsp3) is 0.938. The van der Waals surface area contributed by atoms with Crippen molar-refractivity contribution in [3.8, 4) is 0 Å². The fourth-order valence-electron chi connectivity index (χ4n) is 1.88. The van der Waals surface area contributed by atoms with E-state index in [4.69, 9.17) is 26.6 Å². The van der Waals surface area contributed by atoms with E-state index in [9.17, 15) is 0 Å². The third kappa shape index (κ3) is 22.9. The SMILES string of the molecule is CC(=O)O.CCCCCCCCCCCC(C)(Cl)CO. The van der Waals surface area contributed by atoms with Crippen LogP contribution in [0.15, 0.2) is 0 Å². The quantitative estimate of drug-likeness (QED) is 0.417. The van der Waals surface area contributed by atoms with Crippen LogP contribution in [0.3, 0.4) is 0 Å². The number of aliphatic carboxylic acids is 1. The number of aliphatic hydroxyl groups excluding tert-OH is 1. The van der Waals surface area contributed by atoms with Gasteiger partial charge in [-0.05, 0) is 13.3 Å². The molecule has 0 amide bonds. The molecule has 0 aliphatic carbocycles. The van der Waals surface area contributed by atoms with Gasteiger partial charge in [0.05, 0.1) is 11.5 Å². The summed E-state index contributed by atoms with van der Waals surface area (Å²) in [6, 6.07) is 0. The third-order valence-electron chi connectivity index (χ3n) is 3.13. The minimum Gasteiger partial charge on any atom is -0.481 e. The highest BCUT2D eigenvalue weighted by Crippen LogP contribution is 2.22. The number of aliphatic hydroxyl groups is 1. The molecule has 0 spiro atoms. The van der Waals surface area contributed by atoms with Crippen LogP contribution in [-0.4, -0.2) is 27.7 Å². The van der Waals surface area contributed by atoms with Gasteiger partial charge in [0.2, 0.25) is 0 Å². The monoisotopic (exact) mass is 308 g/mol. The maximum absolute atomic E-state index is 9.00. The Balaban J connectivity index is 0. The van der Waals surface area contributed by atoms with Crippen LogP contribution in [0.1, 0.15) is 85.0 Å². The summed E-state index contributed by atoms with van der Waals surface area (Å²) in [4.78, 5) is 8.61. The molecule has 20 heavy (non-hydrogen) atoms. The fourth-order valence-corrected chi connectivity index (χ4v) is 2.02. The molecule has 0 radical (unpaired) electrons. The zero-order chi connectivity index (χ0) is 15.9. The highest BCUT2D eigenvalue weighted by Gasteiger charge is 2.18. The molecule has 0 aromatic carbocycles. The van der Waals surface area contributed by atoms with E-state index in [1.54, 1.807) is 0 Å². The highest BCUT2D eigenvalue weighted by atomic mass is 35.5. The largest absolute Gasteiger partial charge is 0.481 e. The van der Waals surface area contributed by atoms with Crippen molar-refractivity contribution in [3.63, 3.8) is 0 Å². The van der Waals surface area contributed by atoms with Crippen molar-refractivity contribution in [2.75, 3.05) is 6.61 Å². The van der Waals surface area contributed by atoms with Gasteiger partial charge >= 0.3 is 0 Å². The van der Waals surface area contributed by atoms with Crippen molar-refractivity contribution < 1.29 is 15.0 Å². The van der Waals surface area contributed by atoms with Gasteiger partial charge in [-0.15, -0.1) is 11.6 Å². The van der Waals surface area contributed by atoms with E-state index in [0.29, 0.717) is 0 Å². The lowest BCUT2D eigenvalue weighted by Gasteiger charge is -2.18. The van der Waals surface area contributed by atoms with Crippen LogP contribution >= 0.6 is 11.6 Å². The molecule has 0 saturated carbocycles. The number of alkyl halides is 1. The molecule has 4 heteroatoms. The van der Waals surface area contributed by atoms with E-state index in [2.05, 4.69) is 6.92 Å². The van der Waals surface area contributed by atoms with Crippen molar-refractivity contribution in [1.82, 2.24) is 0 Å². The number of unbranched alkanes of at least 4 members (excludes halogenated alkanes) is 8. The van der Waals surface area contributed by atoms with Crippen LogP contribution in [-0.2, 0) is 4.79 Å². The number of halogens is 1. The number of carboxylic acids is 1. The Kier molecular flexibility index (Phi) is 16.6. The first-order valence-corrected chi connectivity index (χ1v) is 8.23. The van der Waals surface area contributed by atoms with Crippen LogP contribution < -0.4 is 0 Å². The van der Waals surface area contributed by atoms with Gasteiger partial charge < -0.3 is 10.2 Å². The normalized spacial score (nSPS) is 13.2. The molecule has 0 aliphatic rings. The summed E-state index contributed by atoms with van der Waals surface area (Å²) in [7, 11) is 0. The van der Waals surface area contributed by atoms with Crippen LogP contribution in [0.25, 0.3) is 0 Å². The van der Waals surface area contributed by atoms with E-state index in [1.165, 1.54) is 51.4 Å². The standard InChI is InChI=1S/C14H29ClO.C2H4O2/c1-3-4-5-6-7-8-9-10-11-12-14(2,15)13-16;1-2(3)4/h16H,3-13H2,1-2H3;1H3,(H,3,4). The maximum atomic E-state index is 9.00. The molecule has 0 aromatic heterocycles. The van der Waals surface area contributed by atoms with E-state index in [-0.39, 0.29) is 11.5 Å². The first-order chi connectivity index (χ1) is 9.35. The molecule has 2 N–H and O–H groups in total. The Morgan fingerprint density at radius 3 is 1.70 bits per heavy atom. The lowest BCUT2D eigenvalue weighted by molar-refractivity contribution is -0.134. The first-order valence-electron chi connectivity index (χ1n) is 7.85. The molecule has 0 saturated heterocycles. The smallest absolute Gasteiger partial charge is 0.300 e. The van der Waals surface area contributed by atoms with E-state index in [1.807, 2.05) is 6.92 Å². The predicted octanol–water partition coefficient (Wildman–Crippen LogP) is 4.99. The van der Waals surface area contributed by atoms with Crippen LogP contribution in [0.4, 0.5) is 0 Å². The van der Waals surface area contributed by atoms with Crippen LogP contribution in [0.2, 0.25) is 0 Å². The zero-order valence-electron chi connectivity index (χ0n) is 13.5. The first kappa shape index (κ1) is 22.0. The van der Waals surface area contributed by atoms with Crippen molar-refractivity contribution in [3.05, 3.63) is 0 Å². The van der Waals surface area contributed by atoms with Gasteiger partial charge in [0.15, 0.2) is 0 Å². The molecule has 0 heterocycles. The summed E-state index contributed by atoms with van der Waals surface area (Å²) in [5.41, 5.74) is 0. The highest BCUT2D eigenvalue weighted by molar-refractivity contribution is 6.23. The number of hydrogen-bond donors (Lipinski definition) is 2. The third-order valence-corrected chi connectivity index (χ3v) is 3.44. The van der Waals surface area contributed by atoms with Crippen LogP contribution in [0, 0.1) is 0 Å².